The number of benzene rings is 1. The van der Waals surface area contributed by atoms with Crippen molar-refractivity contribution >= 4 is 39.4 Å². The van der Waals surface area contributed by atoms with Crippen LogP contribution in [0.4, 0.5) is 5.69 Å². The third kappa shape index (κ3) is 4.19. The van der Waals surface area contributed by atoms with E-state index < -0.39 is 41.6 Å². The van der Waals surface area contributed by atoms with E-state index in [1.54, 1.807) is 6.92 Å². The molecule has 0 aliphatic carbocycles. The van der Waals surface area contributed by atoms with Gasteiger partial charge in [0, 0.05) is 10.5 Å². The zero-order valence-electron chi connectivity index (χ0n) is 20.9. The Morgan fingerprint density at radius 2 is 1.97 bits per heavy atom. The molecule has 3 unspecified atom stereocenters. The maximum Gasteiger partial charge on any atom is 0.312 e. The molecule has 3 aliphatic rings. The van der Waals surface area contributed by atoms with Gasteiger partial charge in [-0.05, 0) is 50.7 Å². The molecule has 1 spiro atoms. The Balaban J connectivity index is 1.80. The van der Waals surface area contributed by atoms with Crippen LogP contribution in [0.1, 0.15) is 44.7 Å². The highest BCUT2D eigenvalue weighted by molar-refractivity contribution is 9.09. The summed E-state index contributed by atoms with van der Waals surface area (Å²) in [4.78, 5) is 42.3. The molecule has 1 aromatic carbocycles. The number of aliphatic hydroxyl groups is 1. The van der Waals surface area contributed by atoms with Gasteiger partial charge in [-0.2, -0.15) is 0 Å². The quantitative estimate of drug-likeness (QED) is 0.381. The maximum absolute atomic E-state index is 14.0. The lowest BCUT2D eigenvalue weighted by Gasteiger charge is -2.37. The number of nitrogens with one attached hydrogen (secondary N) is 1. The summed E-state index contributed by atoms with van der Waals surface area (Å²) >= 11 is 3.64. The van der Waals surface area contributed by atoms with Crippen LogP contribution in [0.25, 0.3) is 0 Å². The van der Waals surface area contributed by atoms with E-state index in [1.165, 1.54) is 4.90 Å². The minimum atomic E-state index is -1.18. The normalized spacial score (nSPS) is 32.2. The first-order valence-corrected chi connectivity index (χ1v) is 13.3. The second-order valence-corrected chi connectivity index (χ2v) is 11.6. The van der Waals surface area contributed by atoms with Crippen molar-refractivity contribution in [3.8, 4) is 0 Å². The van der Waals surface area contributed by atoms with Gasteiger partial charge < -0.3 is 24.8 Å². The Morgan fingerprint density at radius 3 is 2.54 bits per heavy atom. The molecule has 2 N–H and O–H groups in total. The highest BCUT2D eigenvalue weighted by Crippen LogP contribution is 2.60. The van der Waals surface area contributed by atoms with Crippen LogP contribution in [-0.4, -0.2) is 69.6 Å². The number of aryl methyl sites for hydroxylation is 2. The number of ether oxygens (including phenoxy) is 2. The fraction of sp³-hybridized carbons (Fsp3) is 0.654. The number of fused-ring (bicyclic) bond motifs is 1. The van der Waals surface area contributed by atoms with Crippen molar-refractivity contribution in [3.63, 3.8) is 0 Å². The molecule has 3 fully saturated rings. The molecular formula is C26H35BrN2O6. The van der Waals surface area contributed by atoms with Gasteiger partial charge in [-0.15, -0.1) is 0 Å². The van der Waals surface area contributed by atoms with Crippen LogP contribution in [0, 0.1) is 31.6 Å². The van der Waals surface area contributed by atoms with Gasteiger partial charge in [0.15, 0.2) is 0 Å². The summed E-state index contributed by atoms with van der Waals surface area (Å²) in [5.74, 6) is -2.64. The van der Waals surface area contributed by atoms with Gasteiger partial charge in [0.05, 0.1) is 37.2 Å². The Bertz CT molecular complexity index is 995. The number of rotatable bonds is 8. The smallest absolute Gasteiger partial charge is 0.312 e. The van der Waals surface area contributed by atoms with E-state index in [-0.39, 0.29) is 35.8 Å². The first-order valence-electron chi connectivity index (χ1n) is 12.4. The van der Waals surface area contributed by atoms with Crippen LogP contribution >= 0.6 is 15.9 Å². The number of esters is 1. The number of hydrogen-bond acceptors (Lipinski definition) is 6. The van der Waals surface area contributed by atoms with Crippen LogP contribution in [-0.2, 0) is 23.9 Å². The average molecular weight is 551 g/mol. The first-order chi connectivity index (χ1) is 16.6. The molecule has 2 amide bonds. The van der Waals surface area contributed by atoms with Crippen molar-refractivity contribution in [3.05, 3.63) is 29.3 Å². The molecule has 3 saturated heterocycles. The molecule has 2 bridgehead atoms. The molecule has 9 heteroatoms. The topological polar surface area (TPSA) is 105 Å². The zero-order chi connectivity index (χ0) is 25.7. The second-order valence-electron chi connectivity index (χ2n) is 10.4. The van der Waals surface area contributed by atoms with Gasteiger partial charge in [-0.25, -0.2) is 0 Å². The number of carbonyl (C=O) groups is 3. The summed E-state index contributed by atoms with van der Waals surface area (Å²) < 4.78 is 11.8. The van der Waals surface area contributed by atoms with Crippen molar-refractivity contribution in [1.82, 2.24) is 4.90 Å². The number of para-hydroxylation sites is 1. The number of halogens is 1. The lowest BCUT2D eigenvalue weighted by atomic mass is 9.70. The molecule has 0 aromatic heterocycles. The molecule has 3 heterocycles. The molecule has 8 nitrogen and oxygen atoms in total. The number of aliphatic hydroxyl groups excluding tert-OH is 1. The number of alkyl halides is 1. The predicted octanol–water partition coefficient (Wildman–Crippen LogP) is 2.96. The molecule has 0 saturated carbocycles. The van der Waals surface area contributed by atoms with Crippen LogP contribution in [0.2, 0.25) is 0 Å². The second kappa shape index (κ2) is 9.82. The predicted molar refractivity (Wildman–Crippen MR) is 134 cm³/mol. The van der Waals surface area contributed by atoms with Crippen LogP contribution in [0.5, 0.6) is 0 Å². The fourth-order valence-electron chi connectivity index (χ4n) is 6.29. The SMILES string of the molecule is CCOC(=O)[C@H]1[C@@H]2OC3(CC2Br)C(C(=O)Nc2c(C)cccc2C)N([C@@H](CO)CC(C)C)C(=O)[C@H]13. The summed E-state index contributed by atoms with van der Waals surface area (Å²) in [6, 6.07) is 4.19. The molecule has 192 valence electrons. The molecule has 7 atom stereocenters. The zero-order valence-corrected chi connectivity index (χ0v) is 22.5. The molecular weight excluding hydrogens is 516 g/mol. The Kier molecular flexibility index (Phi) is 7.33. The van der Waals surface area contributed by atoms with Gasteiger partial charge in [0.1, 0.15) is 11.6 Å². The third-order valence-corrected chi connectivity index (χ3v) is 8.46. The van der Waals surface area contributed by atoms with E-state index in [4.69, 9.17) is 9.47 Å². The number of hydrogen-bond donors (Lipinski definition) is 2. The maximum atomic E-state index is 14.0. The molecule has 3 aliphatic heterocycles. The number of anilines is 1. The minimum Gasteiger partial charge on any atom is -0.466 e. The highest BCUT2D eigenvalue weighted by atomic mass is 79.9. The van der Waals surface area contributed by atoms with Crippen molar-refractivity contribution in [2.24, 2.45) is 17.8 Å². The molecule has 35 heavy (non-hydrogen) atoms. The number of amides is 2. The summed E-state index contributed by atoms with van der Waals surface area (Å²) in [5.41, 5.74) is 1.32. The van der Waals surface area contributed by atoms with Gasteiger partial charge in [0.25, 0.3) is 0 Å². The number of nitrogens with zero attached hydrogens (tertiary/aromatic N) is 1. The molecule has 4 rings (SSSR count). The Labute approximate surface area is 214 Å². The van der Waals surface area contributed by atoms with Gasteiger partial charge in [-0.3, -0.25) is 14.4 Å². The van der Waals surface area contributed by atoms with Crippen LogP contribution in [0.15, 0.2) is 18.2 Å². The minimum absolute atomic E-state index is 0.183. The molecule has 1 aromatic rings. The van der Waals surface area contributed by atoms with Crippen molar-refractivity contribution in [1.29, 1.82) is 0 Å². The fourth-order valence-corrected chi connectivity index (χ4v) is 7.23. The standard InChI is InChI=1S/C26H35BrN2O6/c1-6-34-25(33)18-19-24(32)29(16(12-30)10-13(2)3)22(26(19)11-17(27)21(18)35-26)23(31)28-20-14(4)8-7-9-15(20)5/h7-9,13,16-19,21-22,30H,6,10-12H2,1-5H3,(H,28,31)/t16-,17?,18-,19+,21-,22?,26?/m1/s1. The summed E-state index contributed by atoms with van der Waals surface area (Å²) in [7, 11) is 0. The van der Waals surface area contributed by atoms with E-state index in [9.17, 15) is 19.5 Å². The summed E-state index contributed by atoms with van der Waals surface area (Å²) in [6.45, 7) is 9.47. The lowest BCUT2D eigenvalue weighted by Crippen LogP contribution is -2.57. The van der Waals surface area contributed by atoms with E-state index in [0.717, 1.165) is 11.1 Å². The van der Waals surface area contributed by atoms with Gasteiger partial charge >= 0.3 is 5.97 Å². The largest absolute Gasteiger partial charge is 0.466 e. The van der Waals surface area contributed by atoms with Crippen molar-refractivity contribution in [2.45, 2.75) is 76.1 Å². The average Bonchev–Trinajstić information content (AvgIpc) is 3.38. The number of likely N-dealkylation sites (tertiary alicyclic amines) is 1. The van der Waals surface area contributed by atoms with E-state index in [0.29, 0.717) is 18.5 Å². The van der Waals surface area contributed by atoms with E-state index in [1.807, 2.05) is 45.9 Å². The monoisotopic (exact) mass is 550 g/mol. The molecule has 0 radical (unpaired) electrons. The van der Waals surface area contributed by atoms with E-state index >= 15 is 0 Å². The highest BCUT2D eigenvalue weighted by Gasteiger charge is 2.77. The van der Waals surface area contributed by atoms with Gasteiger partial charge in [0.2, 0.25) is 11.8 Å². The van der Waals surface area contributed by atoms with Crippen molar-refractivity contribution < 1.29 is 29.0 Å². The Hall–Kier alpha value is -1.97. The summed E-state index contributed by atoms with van der Waals surface area (Å²) in [6.07, 6.45) is 0.368. The first kappa shape index (κ1) is 26.1. The van der Waals surface area contributed by atoms with Gasteiger partial charge in [-0.1, -0.05) is 48.0 Å². The lowest BCUT2D eigenvalue weighted by molar-refractivity contribution is -0.155. The van der Waals surface area contributed by atoms with E-state index in [2.05, 4.69) is 21.2 Å². The Morgan fingerprint density at radius 1 is 1.31 bits per heavy atom. The van der Waals surface area contributed by atoms with Crippen molar-refractivity contribution in [2.75, 3.05) is 18.5 Å². The third-order valence-electron chi connectivity index (χ3n) is 7.61. The van der Waals surface area contributed by atoms with Crippen LogP contribution in [0.3, 0.4) is 0 Å². The summed E-state index contributed by atoms with van der Waals surface area (Å²) in [5, 5.41) is 13.4. The van der Waals surface area contributed by atoms with Crippen LogP contribution < -0.4 is 5.32 Å². The number of carbonyl (C=O) groups excluding carboxylic acids is 3.